The number of benzene rings is 2. The predicted octanol–water partition coefficient (Wildman–Crippen LogP) is 2.90. The first-order valence-electron chi connectivity index (χ1n) is 8.39. The van der Waals surface area contributed by atoms with Crippen molar-refractivity contribution < 1.29 is 28.6 Å². The number of ether oxygens (including phenoxy) is 3. The van der Waals surface area contributed by atoms with Crippen LogP contribution in [-0.4, -0.2) is 45.0 Å². The number of amides is 1. The van der Waals surface area contributed by atoms with Gasteiger partial charge in [0, 0.05) is 22.7 Å². The normalized spacial score (nSPS) is 10.1. The Morgan fingerprint density at radius 3 is 2.21 bits per heavy atom. The van der Waals surface area contributed by atoms with Crippen LogP contribution in [0, 0.1) is 0 Å². The van der Waals surface area contributed by atoms with Crippen molar-refractivity contribution in [2.24, 2.45) is 0 Å². The summed E-state index contributed by atoms with van der Waals surface area (Å²) in [7, 11) is 2.96. The van der Waals surface area contributed by atoms with E-state index < -0.39 is 12.6 Å². The highest BCUT2D eigenvalue weighted by molar-refractivity contribution is 6.30. The van der Waals surface area contributed by atoms with Gasteiger partial charge in [0.2, 0.25) is 0 Å². The van der Waals surface area contributed by atoms with Crippen LogP contribution < -0.4 is 14.8 Å². The minimum absolute atomic E-state index is 0.0570. The fraction of sp³-hybridized carbons (Fsp3) is 0.250. The van der Waals surface area contributed by atoms with E-state index in [2.05, 4.69) is 5.32 Å². The molecular formula is C20H20ClNO6. The third kappa shape index (κ3) is 5.99. The second-order valence-corrected chi connectivity index (χ2v) is 6.10. The lowest BCUT2D eigenvalue weighted by Crippen LogP contribution is -2.27. The van der Waals surface area contributed by atoms with E-state index in [0.717, 1.165) is 0 Å². The number of ketones is 1. The van der Waals surface area contributed by atoms with E-state index in [0.29, 0.717) is 27.6 Å². The van der Waals surface area contributed by atoms with Gasteiger partial charge in [-0.25, -0.2) is 0 Å². The highest BCUT2D eigenvalue weighted by atomic mass is 35.5. The summed E-state index contributed by atoms with van der Waals surface area (Å²) >= 11 is 5.77. The van der Waals surface area contributed by atoms with Crippen LogP contribution in [-0.2, 0) is 9.53 Å². The van der Waals surface area contributed by atoms with Gasteiger partial charge in [0.15, 0.2) is 23.9 Å². The maximum absolute atomic E-state index is 12.2. The van der Waals surface area contributed by atoms with Crippen LogP contribution >= 0.6 is 11.6 Å². The molecule has 2 rings (SSSR count). The molecule has 0 radical (unpaired) electrons. The molecule has 0 atom stereocenters. The average Bonchev–Trinajstić information content (AvgIpc) is 2.71. The van der Waals surface area contributed by atoms with Crippen molar-refractivity contribution in [3.8, 4) is 11.5 Å². The SMILES string of the molecule is COc1ccc(C(=O)COC(=O)CCNC(=O)c2ccc(Cl)cc2)cc1OC. The van der Waals surface area contributed by atoms with Gasteiger partial charge in [-0.1, -0.05) is 11.6 Å². The zero-order valence-electron chi connectivity index (χ0n) is 15.5. The summed E-state index contributed by atoms with van der Waals surface area (Å²) in [5.41, 5.74) is 0.767. The molecule has 0 fully saturated rings. The number of methoxy groups -OCH3 is 2. The Hall–Kier alpha value is -3.06. The first kappa shape index (κ1) is 21.2. The first-order chi connectivity index (χ1) is 13.4. The van der Waals surface area contributed by atoms with Crippen molar-refractivity contribution in [3.05, 3.63) is 58.6 Å². The highest BCUT2D eigenvalue weighted by Crippen LogP contribution is 2.27. The number of hydrogen-bond acceptors (Lipinski definition) is 6. The maximum Gasteiger partial charge on any atom is 0.308 e. The molecule has 0 saturated heterocycles. The summed E-state index contributed by atoms with van der Waals surface area (Å²) in [5.74, 6) is -0.396. The number of carbonyl (C=O) groups excluding carboxylic acids is 3. The third-order valence-electron chi connectivity index (χ3n) is 3.79. The Morgan fingerprint density at radius 1 is 0.929 bits per heavy atom. The summed E-state index contributed by atoms with van der Waals surface area (Å²) in [4.78, 5) is 35.9. The van der Waals surface area contributed by atoms with Crippen LogP contribution in [0.15, 0.2) is 42.5 Å². The van der Waals surface area contributed by atoms with Crippen molar-refractivity contribution in [1.29, 1.82) is 0 Å². The van der Waals surface area contributed by atoms with E-state index in [1.54, 1.807) is 36.4 Å². The summed E-state index contributed by atoms with van der Waals surface area (Å²) in [5, 5.41) is 3.13. The van der Waals surface area contributed by atoms with Crippen LogP contribution in [0.5, 0.6) is 11.5 Å². The summed E-state index contributed by atoms with van der Waals surface area (Å²) in [6, 6.07) is 11.0. The second kappa shape index (κ2) is 10.3. The number of carbonyl (C=O) groups is 3. The number of hydrogen-bond donors (Lipinski definition) is 1. The molecule has 0 aliphatic heterocycles. The molecule has 1 N–H and O–H groups in total. The van der Waals surface area contributed by atoms with Gasteiger partial charge in [0.25, 0.3) is 5.91 Å². The number of esters is 1. The molecule has 1 amide bonds. The van der Waals surface area contributed by atoms with Crippen molar-refractivity contribution in [1.82, 2.24) is 5.32 Å². The number of halogens is 1. The minimum Gasteiger partial charge on any atom is -0.493 e. The fourth-order valence-corrected chi connectivity index (χ4v) is 2.42. The van der Waals surface area contributed by atoms with E-state index in [4.69, 9.17) is 25.8 Å². The van der Waals surface area contributed by atoms with Crippen LogP contribution in [0.2, 0.25) is 5.02 Å². The number of nitrogens with one attached hydrogen (secondary N) is 1. The van der Waals surface area contributed by atoms with E-state index in [-0.39, 0.29) is 24.7 Å². The summed E-state index contributed by atoms with van der Waals surface area (Å²) in [6.45, 7) is -0.315. The molecule has 0 bridgehead atoms. The Morgan fingerprint density at radius 2 is 1.57 bits per heavy atom. The van der Waals surface area contributed by atoms with Gasteiger partial charge in [-0.2, -0.15) is 0 Å². The van der Waals surface area contributed by atoms with Gasteiger partial charge in [-0.15, -0.1) is 0 Å². The molecule has 2 aromatic carbocycles. The molecule has 2 aromatic rings. The van der Waals surface area contributed by atoms with Crippen molar-refractivity contribution in [2.75, 3.05) is 27.4 Å². The summed E-state index contributed by atoms with van der Waals surface area (Å²) in [6.07, 6.45) is -0.0570. The van der Waals surface area contributed by atoms with E-state index >= 15 is 0 Å². The smallest absolute Gasteiger partial charge is 0.308 e. The van der Waals surface area contributed by atoms with Crippen LogP contribution in [0.4, 0.5) is 0 Å². The lowest BCUT2D eigenvalue weighted by atomic mass is 10.1. The van der Waals surface area contributed by atoms with Gasteiger partial charge < -0.3 is 19.5 Å². The molecule has 0 unspecified atom stereocenters. The lowest BCUT2D eigenvalue weighted by molar-refractivity contribution is -0.142. The second-order valence-electron chi connectivity index (χ2n) is 5.67. The van der Waals surface area contributed by atoms with Gasteiger partial charge in [0.1, 0.15) is 0 Å². The Bertz CT molecular complexity index is 850. The first-order valence-corrected chi connectivity index (χ1v) is 8.77. The van der Waals surface area contributed by atoms with Crippen LogP contribution in [0.3, 0.4) is 0 Å². The van der Waals surface area contributed by atoms with Gasteiger partial charge in [-0.05, 0) is 42.5 Å². The third-order valence-corrected chi connectivity index (χ3v) is 4.04. The molecular weight excluding hydrogens is 386 g/mol. The van der Waals surface area contributed by atoms with Gasteiger partial charge in [0.05, 0.1) is 20.6 Å². The van der Waals surface area contributed by atoms with Crippen molar-refractivity contribution in [3.63, 3.8) is 0 Å². The molecule has 7 nitrogen and oxygen atoms in total. The predicted molar refractivity (Wildman–Crippen MR) is 103 cm³/mol. The van der Waals surface area contributed by atoms with E-state index in [1.807, 2.05) is 0 Å². The summed E-state index contributed by atoms with van der Waals surface area (Å²) < 4.78 is 15.2. The zero-order valence-corrected chi connectivity index (χ0v) is 16.2. The lowest BCUT2D eigenvalue weighted by Gasteiger charge is -2.09. The largest absolute Gasteiger partial charge is 0.493 e. The molecule has 0 aromatic heterocycles. The molecule has 0 aliphatic carbocycles. The van der Waals surface area contributed by atoms with Crippen molar-refractivity contribution >= 4 is 29.3 Å². The number of Topliss-reactive ketones (excluding diaryl/α,β-unsaturated/α-hetero) is 1. The Kier molecular flexibility index (Phi) is 7.83. The molecule has 0 heterocycles. The molecule has 0 spiro atoms. The molecule has 0 saturated carbocycles. The topological polar surface area (TPSA) is 90.9 Å². The molecule has 8 heteroatoms. The van der Waals surface area contributed by atoms with Crippen LogP contribution in [0.1, 0.15) is 27.1 Å². The van der Waals surface area contributed by atoms with E-state index in [1.165, 1.54) is 20.3 Å². The standard InChI is InChI=1S/C20H20ClNO6/c1-26-17-8-5-14(11-18(17)27-2)16(23)12-28-19(24)9-10-22-20(25)13-3-6-15(21)7-4-13/h3-8,11H,9-10,12H2,1-2H3,(H,22,25). The van der Waals surface area contributed by atoms with E-state index in [9.17, 15) is 14.4 Å². The number of rotatable bonds is 9. The quantitative estimate of drug-likeness (QED) is 0.509. The highest BCUT2D eigenvalue weighted by Gasteiger charge is 2.13. The maximum atomic E-state index is 12.2. The minimum atomic E-state index is -0.592. The molecule has 148 valence electrons. The Balaban J connectivity index is 1.76. The average molecular weight is 406 g/mol. The zero-order chi connectivity index (χ0) is 20.5. The Labute approximate surface area is 167 Å². The monoisotopic (exact) mass is 405 g/mol. The van der Waals surface area contributed by atoms with Gasteiger partial charge in [-0.3, -0.25) is 14.4 Å². The van der Waals surface area contributed by atoms with Crippen molar-refractivity contribution in [2.45, 2.75) is 6.42 Å². The molecule has 28 heavy (non-hydrogen) atoms. The fourth-order valence-electron chi connectivity index (χ4n) is 2.29. The molecule has 0 aliphatic rings. The van der Waals surface area contributed by atoms with Gasteiger partial charge >= 0.3 is 5.97 Å². The van der Waals surface area contributed by atoms with Crippen LogP contribution in [0.25, 0.3) is 0 Å².